The van der Waals surface area contributed by atoms with Crippen molar-refractivity contribution in [2.24, 2.45) is 5.92 Å². The molecule has 1 saturated heterocycles. The summed E-state index contributed by atoms with van der Waals surface area (Å²) in [4.78, 5) is 15.5. The van der Waals surface area contributed by atoms with Crippen LogP contribution in [0, 0.1) is 5.92 Å². The molecule has 0 unspecified atom stereocenters. The van der Waals surface area contributed by atoms with Gasteiger partial charge in [-0.25, -0.2) is 0 Å². The van der Waals surface area contributed by atoms with E-state index in [9.17, 15) is 4.79 Å². The van der Waals surface area contributed by atoms with Crippen molar-refractivity contribution in [2.75, 3.05) is 27.2 Å². The highest BCUT2D eigenvalue weighted by atomic mass is 16.5. The fraction of sp³-hybridized carbons (Fsp3) is 0.375. The predicted molar refractivity (Wildman–Crippen MR) is 110 cm³/mol. The van der Waals surface area contributed by atoms with Gasteiger partial charge < -0.3 is 9.47 Å². The summed E-state index contributed by atoms with van der Waals surface area (Å²) in [7, 11) is -5.59. The molecule has 0 radical (unpaired) electrons. The van der Waals surface area contributed by atoms with Gasteiger partial charge in [-0.05, 0) is 55.1 Å². The topological polar surface area (TPSA) is 38.8 Å². The molecule has 0 saturated carbocycles. The number of carbonyl (C=O) groups is 1. The first kappa shape index (κ1) is 12.8. The van der Waals surface area contributed by atoms with Crippen LogP contribution in [-0.2, 0) is 13.0 Å². The lowest BCUT2D eigenvalue weighted by molar-refractivity contribution is 0.103. The monoisotopic (exact) mass is 383 g/mol. The fourth-order valence-electron chi connectivity index (χ4n) is 4.12. The highest BCUT2D eigenvalue weighted by Crippen LogP contribution is 2.37. The molecule has 2 aromatic carbocycles. The second-order valence-corrected chi connectivity index (χ2v) is 7.46. The van der Waals surface area contributed by atoms with Crippen molar-refractivity contribution in [2.45, 2.75) is 25.8 Å². The van der Waals surface area contributed by atoms with E-state index in [0.717, 1.165) is 32.5 Å². The smallest absolute Gasteiger partial charge is 0.189 e. The predicted octanol–water partition coefficient (Wildman–Crippen LogP) is 4.28. The van der Waals surface area contributed by atoms with Crippen molar-refractivity contribution in [3.63, 3.8) is 0 Å². The van der Waals surface area contributed by atoms with Crippen LogP contribution in [0.3, 0.4) is 0 Å². The zero-order chi connectivity index (χ0) is 24.5. The number of likely N-dealkylation sites (tertiary alicyclic amines) is 1. The zero-order valence-corrected chi connectivity index (χ0v) is 15.6. The minimum atomic E-state index is -2.81. The number of Topliss-reactive ketones (excluding diaryl/α,β-unsaturated/α-hetero) is 1. The number of hydrogen-bond acceptors (Lipinski definition) is 4. The van der Waals surface area contributed by atoms with Gasteiger partial charge in [0, 0.05) is 24.1 Å². The van der Waals surface area contributed by atoms with Gasteiger partial charge in [0.05, 0.1) is 22.3 Å². The van der Waals surface area contributed by atoms with Crippen LogP contribution in [0.4, 0.5) is 0 Å². The molecular weight excluding hydrogens is 350 g/mol. The summed E-state index contributed by atoms with van der Waals surface area (Å²) in [6.45, 7) is 2.79. The fourth-order valence-corrected chi connectivity index (χ4v) is 4.12. The molecule has 0 atom stereocenters. The highest BCUT2D eigenvalue weighted by Gasteiger charge is 2.28. The van der Waals surface area contributed by atoms with E-state index in [4.69, 9.17) is 17.7 Å². The van der Waals surface area contributed by atoms with Crippen LogP contribution >= 0.6 is 0 Å². The molecule has 4 rings (SSSR count). The van der Waals surface area contributed by atoms with Crippen LogP contribution in [0.25, 0.3) is 0 Å². The van der Waals surface area contributed by atoms with Gasteiger partial charge in [0.25, 0.3) is 0 Å². The summed E-state index contributed by atoms with van der Waals surface area (Å²) < 4.78 is 54.1. The number of benzene rings is 2. The van der Waals surface area contributed by atoms with E-state index >= 15 is 0 Å². The zero-order valence-electron chi connectivity index (χ0n) is 21.6. The molecular formula is C24H27NO3. The van der Waals surface area contributed by atoms with Crippen LogP contribution in [0.5, 0.6) is 11.5 Å². The molecule has 1 aliphatic carbocycles. The molecule has 1 heterocycles. The molecule has 28 heavy (non-hydrogen) atoms. The third-order valence-electron chi connectivity index (χ3n) is 5.62. The second kappa shape index (κ2) is 8.19. The first-order valence-corrected chi connectivity index (χ1v) is 9.53. The van der Waals surface area contributed by atoms with E-state index in [1.54, 1.807) is 0 Å². The summed E-state index contributed by atoms with van der Waals surface area (Å²) in [5, 5.41) is 0. The quantitative estimate of drug-likeness (QED) is 0.723. The number of carbonyl (C=O) groups excluding carboxylic acids is 1. The lowest BCUT2D eigenvalue weighted by atomic mass is 9.93. The molecule has 1 fully saturated rings. The van der Waals surface area contributed by atoms with Gasteiger partial charge in [0.2, 0.25) is 0 Å². The molecule has 2 aliphatic rings. The van der Waals surface area contributed by atoms with E-state index in [0.29, 0.717) is 23.1 Å². The summed E-state index contributed by atoms with van der Waals surface area (Å²) in [6, 6.07) is 13.0. The minimum absolute atomic E-state index is 0.183. The first-order valence-electron chi connectivity index (χ1n) is 12.5. The SMILES string of the molecule is [2H]C([2H])([2H])Oc1cc2c(cc1OC([2H])([2H])[2H])C(=O)C(=CC1CCN(Cc3ccccc3)CC1)C2. The van der Waals surface area contributed by atoms with Gasteiger partial charge in [-0.1, -0.05) is 36.4 Å². The van der Waals surface area contributed by atoms with Gasteiger partial charge >= 0.3 is 0 Å². The Bertz CT molecular complexity index is 1070. The number of allylic oxidation sites excluding steroid dienone is 2. The second-order valence-electron chi connectivity index (χ2n) is 7.46. The normalized spacial score (nSPS) is 23.1. The maximum atomic E-state index is 13.1. The molecule has 4 nitrogen and oxygen atoms in total. The molecule has 0 aromatic heterocycles. The molecule has 146 valence electrons. The Morgan fingerprint density at radius 2 is 1.82 bits per heavy atom. The Morgan fingerprint density at radius 3 is 2.54 bits per heavy atom. The van der Waals surface area contributed by atoms with Crippen molar-refractivity contribution >= 4 is 5.78 Å². The summed E-state index contributed by atoms with van der Waals surface area (Å²) in [5.74, 6) is -0.397. The van der Waals surface area contributed by atoms with E-state index in [-0.39, 0.29) is 23.2 Å². The standard InChI is InChI=1S/C24H27NO3/c1-27-22-14-19-13-20(24(26)21(19)15-23(22)28-2)12-17-8-10-25(11-9-17)16-18-6-4-3-5-7-18/h3-7,12,14-15,17H,8-11,13,16H2,1-2H3/i1D3,2D3. The molecule has 1 aliphatic heterocycles. The number of methoxy groups -OCH3 is 2. The van der Waals surface area contributed by atoms with E-state index in [1.807, 2.05) is 24.3 Å². The Balaban J connectivity index is 1.47. The number of ketones is 1. The maximum Gasteiger partial charge on any atom is 0.189 e. The number of ether oxygens (including phenoxy) is 2. The van der Waals surface area contributed by atoms with Crippen LogP contribution in [0.1, 0.15) is 42.6 Å². The number of piperidine rings is 1. The lowest BCUT2D eigenvalue weighted by Gasteiger charge is -2.30. The Hall–Kier alpha value is -2.59. The van der Waals surface area contributed by atoms with Crippen LogP contribution < -0.4 is 9.47 Å². The molecule has 0 spiro atoms. The minimum Gasteiger partial charge on any atom is -0.493 e. The lowest BCUT2D eigenvalue weighted by Crippen LogP contribution is -2.32. The summed E-state index contributed by atoms with van der Waals surface area (Å²) in [6.07, 6.45) is 4.27. The molecule has 4 heteroatoms. The van der Waals surface area contributed by atoms with E-state index in [2.05, 4.69) is 17.0 Å². The Kier molecular flexibility index (Phi) is 3.74. The maximum absolute atomic E-state index is 13.1. The largest absolute Gasteiger partial charge is 0.493 e. The van der Waals surface area contributed by atoms with Gasteiger partial charge in [0.1, 0.15) is 0 Å². The van der Waals surface area contributed by atoms with E-state index < -0.39 is 14.1 Å². The van der Waals surface area contributed by atoms with Crippen molar-refractivity contribution in [3.05, 3.63) is 70.8 Å². The number of nitrogens with zero attached hydrogens (tertiary/aromatic N) is 1. The molecule has 0 bridgehead atoms. The molecule has 0 N–H and O–H groups in total. The van der Waals surface area contributed by atoms with Gasteiger partial charge in [0.15, 0.2) is 17.3 Å². The highest BCUT2D eigenvalue weighted by molar-refractivity contribution is 6.13. The average Bonchev–Trinajstić information content (AvgIpc) is 3.03. The molecule has 2 aromatic rings. The average molecular weight is 384 g/mol. The molecule has 0 amide bonds. The number of hydrogen-bond donors (Lipinski definition) is 0. The third-order valence-corrected chi connectivity index (χ3v) is 5.62. The Morgan fingerprint density at radius 1 is 1.11 bits per heavy atom. The van der Waals surface area contributed by atoms with Crippen molar-refractivity contribution in [1.29, 1.82) is 0 Å². The van der Waals surface area contributed by atoms with Gasteiger partial charge in [-0.15, -0.1) is 0 Å². The summed E-state index contributed by atoms with van der Waals surface area (Å²) >= 11 is 0. The first-order chi connectivity index (χ1) is 16.0. The Labute approximate surface area is 175 Å². The number of rotatable bonds is 5. The van der Waals surface area contributed by atoms with Gasteiger partial charge in [-0.3, -0.25) is 9.69 Å². The van der Waals surface area contributed by atoms with Crippen LogP contribution in [0.15, 0.2) is 54.1 Å². The van der Waals surface area contributed by atoms with Gasteiger partial charge in [-0.2, -0.15) is 0 Å². The van der Waals surface area contributed by atoms with Crippen molar-refractivity contribution < 1.29 is 22.5 Å². The summed E-state index contributed by atoms with van der Waals surface area (Å²) in [5.41, 5.74) is 2.85. The van der Waals surface area contributed by atoms with Crippen molar-refractivity contribution in [1.82, 2.24) is 4.90 Å². The number of fused-ring (bicyclic) bond motifs is 1. The van der Waals surface area contributed by atoms with Crippen molar-refractivity contribution in [3.8, 4) is 11.5 Å². The van der Waals surface area contributed by atoms with Crippen LogP contribution in [-0.4, -0.2) is 37.8 Å². The third kappa shape index (κ3) is 3.83. The van der Waals surface area contributed by atoms with E-state index in [1.165, 1.54) is 17.7 Å². The van der Waals surface area contributed by atoms with Crippen LogP contribution in [0.2, 0.25) is 0 Å².